The van der Waals surface area contributed by atoms with Gasteiger partial charge in [0.2, 0.25) is 0 Å². The molecule has 0 unspecified atom stereocenters. The van der Waals surface area contributed by atoms with Gasteiger partial charge in [-0.3, -0.25) is 10.1 Å². The van der Waals surface area contributed by atoms with Crippen LogP contribution in [0.2, 0.25) is 0 Å². The van der Waals surface area contributed by atoms with Gasteiger partial charge in [0.15, 0.2) is 5.13 Å². The third-order valence-corrected chi connectivity index (χ3v) is 6.63. The molecule has 5 heteroatoms. The van der Waals surface area contributed by atoms with Gasteiger partial charge in [-0.2, -0.15) is 0 Å². The van der Waals surface area contributed by atoms with Crippen LogP contribution in [0.3, 0.4) is 0 Å². The number of thiazole rings is 1. The maximum atomic E-state index is 12.5. The van der Waals surface area contributed by atoms with E-state index in [4.69, 9.17) is 0 Å². The second kappa shape index (κ2) is 8.50. The van der Waals surface area contributed by atoms with Gasteiger partial charge in [0.1, 0.15) is 0 Å². The number of carbonyl (C=O) groups excluding carboxylic acids is 1. The van der Waals surface area contributed by atoms with E-state index in [0.29, 0.717) is 15.9 Å². The van der Waals surface area contributed by atoms with Gasteiger partial charge in [-0.15, -0.1) is 23.1 Å². The number of hydrogen-bond acceptors (Lipinski definition) is 4. The average Bonchev–Trinajstić information content (AvgIpc) is 3.16. The molecule has 4 rings (SSSR count). The molecule has 0 aliphatic heterocycles. The van der Waals surface area contributed by atoms with Crippen LogP contribution in [0, 0.1) is 0 Å². The Hall–Kier alpha value is -2.11. The Kier molecular flexibility index (Phi) is 5.83. The van der Waals surface area contributed by atoms with Crippen molar-refractivity contribution in [2.24, 2.45) is 0 Å². The van der Waals surface area contributed by atoms with E-state index >= 15 is 0 Å². The van der Waals surface area contributed by atoms with E-state index < -0.39 is 0 Å². The lowest BCUT2D eigenvalue weighted by atomic mass is 9.90. The van der Waals surface area contributed by atoms with Crippen LogP contribution >= 0.6 is 23.1 Å². The number of rotatable bonds is 5. The number of anilines is 1. The molecule has 0 bridgehead atoms. The Labute approximate surface area is 174 Å². The molecule has 1 heterocycles. The summed E-state index contributed by atoms with van der Waals surface area (Å²) < 4.78 is 0. The van der Waals surface area contributed by atoms with Crippen molar-refractivity contribution in [2.45, 2.75) is 49.7 Å². The lowest BCUT2D eigenvalue weighted by Crippen LogP contribution is -2.11. The number of nitrogens with zero attached hydrogens (tertiary/aromatic N) is 1. The fourth-order valence-electron chi connectivity index (χ4n) is 3.48. The summed E-state index contributed by atoms with van der Waals surface area (Å²) in [4.78, 5) is 18.3. The Balaban J connectivity index is 1.45. The van der Waals surface area contributed by atoms with Crippen molar-refractivity contribution in [2.75, 3.05) is 5.32 Å². The fourth-order valence-corrected chi connectivity index (χ4v) is 5.04. The summed E-state index contributed by atoms with van der Waals surface area (Å²) in [6.07, 6.45) is 4.89. The molecule has 0 radical (unpaired) electrons. The minimum atomic E-state index is -0.118. The van der Waals surface area contributed by atoms with E-state index in [2.05, 4.69) is 42.3 Å². The van der Waals surface area contributed by atoms with Gasteiger partial charge >= 0.3 is 0 Å². The number of carbonyl (C=O) groups is 1. The highest BCUT2D eigenvalue weighted by molar-refractivity contribution is 7.99. The lowest BCUT2D eigenvalue weighted by Gasteiger charge is -2.16. The first-order valence-electron chi connectivity index (χ1n) is 9.74. The summed E-state index contributed by atoms with van der Waals surface area (Å²) in [5.41, 5.74) is 5.63. The van der Waals surface area contributed by atoms with E-state index in [0.717, 1.165) is 17.7 Å². The number of aromatic nitrogens is 1. The van der Waals surface area contributed by atoms with Crippen LogP contribution in [-0.2, 0) is 12.8 Å². The largest absolute Gasteiger partial charge is 0.298 e. The molecule has 1 aliphatic rings. The van der Waals surface area contributed by atoms with Crippen molar-refractivity contribution in [3.8, 4) is 11.3 Å². The average molecular weight is 409 g/mol. The Bertz CT molecular complexity index is 977. The minimum Gasteiger partial charge on any atom is -0.298 e. The van der Waals surface area contributed by atoms with Crippen LogP contribution in [0.25, 0.3) is 11.3 Å². The zero-order chi connectivity index (χ0) is 19.5. The lowest BCUT2D eigenvalue weighted by molar-refractivity contribution is 0.102. The number of fused-ring (bicyclic) bond motifs is 1. The van der Waals surface area contributed by atoms with E-state index in [1.807, 2.05) is 29.6 Å². The van der Waals surface area contributed by atoms with Crippen LogP contribution in [0.1, 0.15) is 48.2 Å². The number of benzene rings is 2. The molecular formula is C23H24N2OS2. The Morgan fingerprint density at radius 3 is 2.57 bits per heavy atom. The monoisotopic (exact) mass is 408 g/mol. The summed E-state index contributed by atoms with van der Waals surface area (Å²) in [6, 6.07) is 14.4. The van der Waals surface area contributed by atoms with Gasteiger partial charge < -0.3 is 0 Å². The molecule has 0 saturated heterocycles. The van der Waals surface area contributed by atoms with Crippen molar-refractivity contribution in [3.63, 3.8) is 0 Å². The second-order valence-electron chi connectivity index (χ2n) is 7.37. The van der Waals surface area contributed by atoms with Gasteiger partial charge in [0, 0.05) is 26.7 Å². The smallest absolute Gasteiger partial charge is 0.257 e. The molecule has 2 aromatic carbocycles. The SMILES string of the molecule is CC(C)Sc1ccc(C(=O)Nc2nc(-c3ccc4c(c3)CCCC4)cs2)cc1. The van der Waals surface area contributed by atoms with Crippen molar-refractivity contribution in [1.82, 2.24) is 4.98 Å². The Morgan fingerprint density at radius 2 is 1.82 bits per heavy atom. The maximum absolute atomic E-state index is 12.5. The summed E-state index contributed by atoms with van der Waals surface area (Å²) in [5.74, 6) is -0.118. The zero-order valence-electron chi connectivity index (χ0n) is 16.2. The third-order valence-electron chi connectivity index (χ3n) is 4.86. The molecule has 1 aliphatic carbocycles. The van der Waals surface area contributed by atoms with Crippen molar-refractivity contribution < 1.29 is 4.79 Å². The summed E-state index contributed by atoms with van der Waals surface area (Å²) in [5, 5.41) is 6.11. The molecule has 1 N–H and O–H groups in total. The van der Waals surface area contributed by atoms with E-state index in [1.54, 1.807) is 11.8 Å². The molecule has 0 atom stereocenters. The first kappa shape index (κ1) is 19.2. The van der Waals surface area contributed by atoms with E-state index in [1.165, 1.54) is 46.6 Å². The molecule has 3 nitrogen and oxygen atoms in total. The number of thioether (sulfide) groups is 1. The summed E-state index contributed by atoms with van der Waals surface area (Å²) in [6.45, 7) is 4.32. The highest BCUT2D eigenvalue weighted by Gasteiger charge is 2.13. The number of amides is 1. The predicted molar refractivity (Wildman–Crippen MR) is 120 cm³/mol. The highest BCUT2D eigenvalue weighted by Crippen LogP contribution is 2.30. The van der Waals surface area contributed by atoms with Crippen LogP contribution in [0.15, 0.2) is 52.7 Å². The summed E-state index contributed by atoms with van der Waals surface area (Å²) >= 11 is 3.26. The van der Waals surface area contributed by atoms with Crippen LogP contribution in [-0.4, -0.2) is 16.1 Å². The third kappa shape index (κ3) is 4.47. The molecule has 28 heavy (non-hydrogen) atoms. The van der Waals surface area contributed by atoms with Crippen LogP contribution < -0.4 is 5.32 Å². The standard InChI is InChI=1S/C23H24N2OS2/c1-15(2)28-20-11-9-17(10-12-20)22(26)25-23-24-21(14-27-23)19-8-7-16-5-3-4-6-18(16)13-19/h7-15H,3-6H2,1-2H3,(H,24,25,26). The fraction of sp³-hybridized carbons (Fsp3) is 0.304. The highest BCUT2D eigenvalue weighted by atomic mass is 32.2. The topological polar surface area (TPSA) is 42.0 Å². The quantitative estimate of drug-likeness (QED) is 0.494. The van der Waals surface area contributed by atoms with Gasteiger partial charge in [-0.25, -0.2) is 4.98 Å². The Morgan fingerprint density at radius 1 is 1.07 bits per heavy atom. The number of aryl methyl sites for hydroxylation is 2. The van der Waals surface area contributed by atoms with E-state index in [9.17, 15) is 4.79 Å². The van der Waals surface area contributed by atoms with Crippen molar-refractivity contribution >= 4 is 34.1 Å². The molecule has 1 aromatic heterocycles. The van der Waals surface area contributed by atoms with Crippen molar-refractivity contribution in [3.05, 3.63) is 64.5 Å². The zero-order valence-corrected chi connectivity index (χ0v) is 17.8. The summed E-state index contributed by atoms with van der Waals surface area (Å²) in [7, 11) is 0. The molecular weight excluding hydrogens is 384 g/mol. The maximum Gasteiger partial charge on any atom is 0.257 e. The minimum absolute atomic E-state index is 0.118. The molecule has 0 saturated carbocycles. The van der Waals surface area contributed by atoms with Gasteiger partial charge in [0.05, 0.1) is 5.69 Å². The van der Waals surface area contributed by atoms with Crippen LogP contribution in [0.4, 0.5) is 5.13 Å². The number of hydrogen-bond donors (Lipinski definition) is 1. The molecule has 1 amide bonds. The van der Waals surface area contributed by atoms with E-state index in [-0.39, 0.29) is 5.91 Å². The predicted octanol–water partition coefficient (Wildman–Crippen LogP) is 6.44. The normalized spacial score (nSPS) is 13.4. The first-order valence-corrected chi connectivity index (χ1v) is 11.5. The second-order valence-corrected chi connectivity index (χ2v) is 9.88. The first-order chi connectivity index (χ1) is 13.6. The van der Waals surface area contributed by atoms with Crippen molar-refractivity contribution in [1.29, 1.82) is 0 Å². The van der Waals surface area contributed by atoms with Crippen LogP contribution in [0.5, 0.6) is 0 Å². The molecule has 144 valence electrons. The van der Waals surface area contributed by atoms with Gasteiger partial charge in [-0.05, 0) is 67.1 Å². The molecule has 3 aromatic rings. The molecule has 0 spiro atoms. The number of nitrogens with one attached hydrogen (secondary N) is 1. The van der Waals surface area contributed by atoms with Gasteiger partial charge in [-0.1, -0.05) is 26.0 Å². The molecule has 0 fully saturated rings. The van der Waals surface area contributed by atoms with Gasteiger partial charge in [0.25, 0.3) is 5.91 Å².